The van der Waals surface area contributed by atoms with Gasteiger partial charge in [0.1, 0.15) is 12.4 Å². The molecule has 0 aliphatic carbocycles. The van der Waals surface area contributed by atoms with E-state index in [0.717, 1.165) is 6.07 Å². The molecule has 0 aliphatic heterocycles. The first kappa shape index (κ1) is 14.0. The van der Waals surface area contributed by atoms with Crippen LogP contribution in [0.25, 0.3) is 0 Å². The zero-order valence-electron chi connectivity index (χ0n) is 10.1. The largest absolute Gasteiger partial charge is 0.384 e. The molecule has 1 heterocycles. The van der Waals surface area contributed by atoms with Gasteiger partial charge in [-0.05, 0) is 24.3 Å². The molecule has 0 bridgehead atoms. The minimum Gasteiger partial charge on any atom is -0.384 e. The Morgan fingerprint density at radius 3 is 2.85 bits per heavy atom. The van der Waals surface area contributed by atoms with Crippen LogP contribution in [0.4, 0.5) is 10.1 Å². The zero-order chi connectivity index (χ0) is 14.6. The highest BCUT2D eigenvalue weighted by Gasteiger charge is 2.16. The lowest BCUT2D eigenvalue weighted by molar-refractivity contribution is 0.350. The van der Waals surface area contributed by atoms with Gasteiger partial charge in [-0.1, -0.05) is 11.8 Å². The number of aromatic amines is 1. The predicted octanol–water partition coefficient (Wildman–Crippen LogP) is 0.693. The van der Waals surface area contributed by atoms with Crippen molar-refractivity contribution in [2.24, 2.45) is 0 Å². The average molecular weight is 295 g/mol. The van der Waals surface area contributed by atoms with Crippen LogP contribution in [0.1, 0.15) is 5.56 Å². The summed E-state index contributed by atoms with van der Waals surface area (Å²) in [6.45, 7) is -0.413. The fourth-order valence-electron chi connectivity index (χ4n) is 1.42. The van der Waals surface area contributed by atoms with Crippen LogP contribution in [0.3, 0.4) is 0 Å². The van der Waals surface area contributed by atoms with E-state index in [9.17, 15) is 12.8 Å². The molecule has 6 nitrogen and oxygen atoms in total. The Morgan fingerprint density at radius 1 is 1.40 bits per heavy atom. The molecule has 0 radical (unpaired) electrons. The molecule has 8 heteroatoms. The molecule has 2 aromatic rings. The molecule has 1 aromatic carbocycles. The molecule has 0 saturated carbocycles. The maximum atomic E-state index is 13.4. The molecular formula is C12H10FN3O3S. The second kappa shape index (κ2) is 5.73. The van der Waals surface area contributed by atoms with Gasteiger partial charge in [-0.3, -0.25) is 9.82 Å². The van der Waals surface area contributed by atoms with Gasteiger partial charge in [0.25, 0.3) is 10.0 Å². The fraction of sp³-hybridized carbons (Fsp3) is 0.0833. The zero-order valence-corrected chi connectivity index (χ0v) is 10.9. The minimum atomic E-state index is -3.81. The second-order valence-electron chi connectivity index (χ2n) is 3.68. The van der Waals surface area contributed by atoms with Crippen molar-refractivity contribution in [3.8, 4) is 11.8 Å². The van der Waals surface area contributed by atoms with E-state index < -0.39 is 22.4 Å². The smallest absolute Gasteiger partial charge is 0.278 e. The number of halogens is 1. The van der Waals surface area contributed by atoms with E-state index in [2.05, 4.69) is 26.8 Å². The van der Waals surface area contributed by atoms with Gasteiger partial charge < -0.3 is 5.11 Å². The summed E-state index contributed by atoms with van der Waals surface area (Å²) >= 11 is 0. The third kappa shape index (κ3) is 3.14. The Morgan fingerprint density at radius 2 is 2.20 bits per heavy atom. The molecule has 0 unspecified atom stereocenters. The number of anilines is 1. The van der Waals surface area contributed by atoms with Crippen molar-refractivity contribution in [1.29, 1.82) is 0 Å². The van der Waals surface area contributed by atoms with Gasteiger partial charge in [-0.15, -0.1) is 0 Å². The highest BCUT2D eigenvalue weighted by Crippen LogP contribution is 2.17. The standard InChI is InChI=1S/C12H10FN3O3S/c13-11-4-3-10(8-9(11)2-1-7-17)16-20(18,19)12-5-6-14-15-12/h3-6,8,16-17H,7H2,(H,14,15). The van der Waals surface area contributed by atoms with Gasteiger partial charge in [0.2, 0.25) is 0 Å². The summed E-state index contributed by atoms with van der Waals surface area (Å²) in [6.07, 6.45) is 1.30. The van der Waals surface area contributed by atoms with Crippen LogP contribution in [0.5, 0.6) is 0 Å². The molecule has 104 valence electrons. The number of sulfonamides is 1. The van der Waals surface area contributed by atoms with Gasteiger partial charge in [-0.25, -0.2) is 4.39 Å². The molecule has 20 heavy (non-hydrogen) atoms. The van der Waals surface area contributed by atoms with E-state index in [1.54, 1.807) is 0 Å². The maximum Gasteiger partial charge on any atom is 0.278 e. The number of aromatic nitrogens is 2. The van der Waals surface area contributed by atoms with E-state index in [4.69, 9.17) is 5.11 Å². The Kier molecular flexibility index (Phi) is 4.02. The van der Waals surface area contributed by atoms with E-state index in [0.29, 0.717) is 0 Å². The number of benzene rings is 1. The first-order valence-corrected chi connectivity index (χ1v) is 6.93. The van der Waals surface area contributed by atoms with Crippen molar-refractivity contribution in [3.05, 3.63) is 41.8 Å². The van der Waals surface area contributed by atoms with Crippen LogP contribution < -0.4 is 4.72 Å². The first-order chi connectivity index (χ1) is 9.53. The number of rotatable bonds is 3. The predicted molar refractivity (Wildman–Crippen MR) is 69.8 cm³/mol. The van der Waals surface area contributed by atoms with Crippen LogP contribution >= 0.6 is 0 Å². The highest BCUT2D eigenvalue weighted by molar-refractivity contribution is 7.92. The monoisotopic (exact) mass is 295 g/mol. The van der Waals surface area contributed by atoms with Gasteiger partial charge in [0.15, 0.2) is 5.03 Å². The molecule has 0 saturated heterocycles. The number of H-pyrrole nitrogens is 1. The number of aliphatic hydroxyl groups is 1. The topological polar surface area (TPSA) is 95.1 Å². The molecule has 0 amide bonds. The molecule has 0 fully saturated rings. The Balaban J connectivity index is 2.31. The van der Waals surface area contributed by atoms with Crippen molar-refractivity contribution >= 4 is 15.7 Å². The van der Waals surface area contributed by atoms with Crippen LogP contribution in [0.15, 0.2) is 35.5 Å². The van der Waals surface area contributed by atoms with Crippen LogP contribution in [0.2, 0.25) is 0 Å². The quantitative estimate of drug-likeness (QED) is 0.726. The molecule has 2 rings (SSSR count). The van der Waals surface area contributed by atoms with Crippen molar-refractivity contribution in [2.75, 3.05) is 11.3 Å². The summed E-state index contributed by atoms with van der Waals surface area (Å²) in [4.78, 5) is 0. The van der Waals surface area contributed by atoms with Gasteiger partial charge in [0.05, 0.1) is 17.4 Å². The van der Waals surface area contributed by atoms with Crippen LogP contribution in [-0.2, 0) is 10.0 Å². The van der Waals surface area contributed by atoms with Gasteiger partial charge >= 0.3 is 0 Å². The van der Waals surface area contributed by atoms with E-state index in [1.807, 2.05) is 0 Å². The number of nitrogens with one attached hydrogen (secondary N) is 2. The summed E-state index contributed by atoms with van der Waals surface area (Å²) in [7, 11) is -3.81. The number of nitrogens with zero attached hydrogens (tertiary/aromatic N) is 1. The van der Waals surface area contributed by atoms with Crippen LogP contribution in [0, 0.1) is 17.7 Å². The van der Waals surface area contributed by atoms with Gasteiger partial charge in [-0.2, -0.15) is 13.5 Å². The van der Waals surface area contributed by atoms with E-state index in [-0.39, 0.29) is 16.3 Å². The Hall–Kier alpha value is -2.37. The van der Waals surface area contributed by atoms with Gasteiger partial charge in [0, 0.05) is 0 Å². The van der Waals surface area contributed by atoms with E-state index in [1.165, 1.54) is 24.4 Å². The molecule has 0 aliphatic rings. The van der Waals surface area contributed by atoms with E-state index >= 15 is 0 Å². The molecule has 0 atom stereocenters. The molecule has 0 spiro atoms. The average Bonchev–Trinajstić information content (AvgIpc) is 2.94. The number of hydrogen-bond donors (Lipinski definition) is 3. The third-order valence-corrected chi connectivity index (χ3v) is 3.60. The lowest BCUT2D eigenvalue weighted by Gasteiger charge is -2.06. The van der Waals surface area contributed by atoms with Crippen molar-refractivity contribution in [2.45, 2.75) is 5.03 Å². The van der Waals surface area contributed by atoms with Crippen molar-refractivity contribution in [1.82, 2.24) is 10.2 Å². The summed E-state index contributed by atoms with van der Waals surface area (Å²) in [5, 5.41) is 14.3. The minimum absolute atomic E-state index is 0.0103. The lowest BCUT2D eigenvalue weighted by Crippen LogP contribution is -2.13. The Labute approximate surface area is 114 Å². The normalized spacial score (nSPS) is 10.7. The van der Waals surface area contributed by atoms with Crippen molar-refractivity contribution in [3.63, 3.8) is 0 Å². The highest BCUT2D eigenvalue weighted by atomic mass is 32.2. The van der Waals surface area contributed by atoms with Crippen molar-refractivity contribution < 1.29 is 17.9 Å². The first-order valence-electron chi connectivity index (χ1n) is 5.44. The summed E-state index contributed by atoms with van der Waals surface area (Å²) in [5.74, 6) is 4.09. The lowest BCUT2D eigenvalue weighted by atomic mass is 10.2. The maximum absolute atomic E-state index is 13.4. The summed E-state index contributed by atoms with van der Waals surface area (Å²) < 4.78 is 39.5. The molecule has 1 aromatic heterocycles. The number of aliphatic hydroxyl groups excluding tert-OH is 1. The molecular weight excluding hydrogens is 285 g/mol. The SMILES string of the molecule is O=S(=O)(Nc1ccc(F)c(C#CCO)c1)c1ccn[nH]1. The molecule has 3 N–H and O–H groups in total. The van der Waals surface area contributed by atoms with Crippen LogP contribution in [-0.4, -0.2) is 30.3 Å². The fourth-order valence-corrected chi connectivity index (χ4v) is 2.38. The number of hydrogen-bond acceptors (Lipinski definition) is 4. The summed E-state index contributed by atoms with van der Waals surface area (Å²) in [5.41, 5.74) is 0.145. The summed E-state index contributed by atoms with van der Waals surface area (Å²) in [6, 6.07) is 4.89. The second-order valence-corrected chi connectivity index (χ2v) is 5.33. The third-order valence-electron chi connectivity index (χ3n) is 2.29. The Bertz CT molecular complexity index is 761.